The van der Waals surface area contributed by atoms with Crippen molar-refractivity contribution in [3.8, 4) is 10.6 Å². The summed E-state index contributed by atoms with van der Waals surface area (Å²) in [5.41, 5.74) is 0.378. The van der Waals surface area contributed by atoms with Crippen LogP contribution < -0.4 is 5.32 Å². The first-order chi connectivity index (χ1) is 13.3. The van der Waals surface area contributed by atoms with E-state index in [-0.39, 0.29) is 18.3 Å². The summed E-state index contributed by atoms with van der Waals surface area (Å²) in [6.07, 6.45) is 1.79. The van der Waals surface area contributed by atoms with Gasteiger partial charge < -0.3 is 19.3 Å². The lowest BCUT2D eigenvalue weighted by molar-refractivity contribution is 0.0699. The number of amides is 1. The number of fused-ring (bicyclic) bond motifs is 1. The van der Waals surface area contributed by atoms with E-state index in [2.05, 4.69) is 25.2 Å². The second kappa shape index (κ2) is 8.02. The van der Waals surface area contributed by atoms with Crippen LogP contribution in [0.4, 0.5) is 0 Å². The summed E-state index contributed by atoms with van der Waals surface area (Å²) in [5.74, 6) is 3.02. The first kappa shape index (κ1) is 19.1. The highest BCUT2D eigenvalue weighted by Crippen LogP contribution is 2.29. The smallest absolute Gasteiger partial charge is 0.276 e. The fourth-order valence-electron chi connectivity index (χ4n) is 3.83. The number of carbonyl (C=O) groups excluding carboxylic acids is 1. The average molecular weight is 421 g/mol. The van der Waals surface area contributed by atoms with E-state index < -0.39 is 0 Å². The Bertz CT molecular complexity index is 945. The molecule has 2 aliphatic rings. The van der Waals surface area contributed by atoms with E-state index in [0.29, 0.717) is 30.5 Å². The minimum absolute atomic E-state index is 0. The first-order valence-corrected chi connectivity index (χ1v) is 10.1. The van der Waals surface area contributed by atoms with Crippen LogP contribution >= 0.6 is 23.7 Å². The van der Waals surface area contributed by atoms with Crippen molar-refractivity contribution in [3.05, 3.63) is 40.9 Å². The van der Waals surface area contributed by atoms with Gasteiger partial charge in [-0.3, -0.25) is 4.79 Å². The molecule has 0 bridgehead atoms. The number of rotatable bonds is 3. The number of hydrogen-bond acceptors (Lipinski definition) is 7. The van der Waals surface area contributed by atoms with Crippen molar-refractivity contribution in [2.45, 2.75) is 31.8 Å². The molecule has 0 aliphatic carbocycles. The number of aromatic nitrogens is 4. The molecular weight excluding hydrogens is 400 g/mol. The summed E-state index contributed by atoms with van der Waals surface area (Å²) in [5, 5.41) is 18.0. The van der Waals surface area contributed by atoms with Crippen LogP contribution in [0.15, 0.2) is 28.1 Å². The number of nitrogens with zero attached hydrogens (tertiary/aromatic N) is 5. The molecule has 1 saturated heterocycles. The van der Waals surface area contributed by atoms with Gasteiger partial charge in [0.05, 0.1) is 11.4 Å². The highest BCUT2D eigenvalue weighted by Gasteiger charge is 2.30. The predicted octanol–water partition coefficient (Wildman–Crippen LogP) is 2.54. The third kappa shape index (κ3) is 3.45. The van der Waals surface area contributed by atoms with E-state index in [9.17, 15) is 4.79 Å². The molecule has 1 N–H and O–H groups in total. The maximum atomic E-state index is 12.8. The fourth-order valence-corrected chi connectivity index (χ4v) is 4.50. The Kier molecular flexibility index (Phi) is 5.47. The Morgan fingerprint density at radius 3 is 2.89 bits per heavy atom. The van der Waals surface area contributed by atoms with E-state index >= 15 is 0 Å². The van der Waals surface area contributed by atoms with Gasteiger partial charge in [0.25, 0.3) is 5.91 Å². The Morgan fingerprint density at radius 1 is 1.25 bits per heavy atom. The van der Waals surface area contributed by atoms with E-state index in [1.165, 1.54) is 0 Å². The van der Waals surface area contributed by atoms with Crippen LogP contribution in [0.1, 0.15) is 40.9 Å². The number of piperidine rings is 1. The third-order valence-corrected chi connectivity index (χ3v) is 6.18. The summed E-state index contributed by atoms with van der Waals surface area (Å²) in [7, 11) is 0. The molecule has 1 amide bonds. The van der Waals surface area contributed by atoms with Gasteiger partial charge in [-0.2, -0.15) is 0 Å². The van der Waals surface area contributed by atoms with Crippen molar-refractivity contribution in [2.75, 3.05) is 19.6 Å². The molecular formula is C18H21ClN6O2S. The molecule has 0 aromatic carbocycles. The molecule has 148 valence electrons. The van der Waals surface area contributed by atoms with Crippen molar-refractivity contribution in [1.82, 2.24) is 30.1 Å². The van der Waals surface area contributed by atoms with Gasteiger partial charge in [-0.25, -0.2) is 0 Å². The van der Waals surface area contributed by atoms with Crippen LogP contribution in [0.5, 0.6) is 0 Å². The van der Waals surface area contributed by atoms with Gasteiger partial charge >= 0.3 is 0 Å². The highest BCUT2D eigenvalue weighted by molar-refractivity contribution is 7.13. The van der Waals surface area contributed by atoms with Gasteiger partial charge in [0.1, 0.15) is 11.6 Å². The Balaban J connectivity index is 0.00000192. The third-order valence-electron chi connectivity index (χ3n) is 5.29. The SMILES string of the molecule is Cl.O=C(c1cc(-c2cccs2)on1)N1CCC(c2nnc3n2CCNC3)CC1. The maximum absolute atomic E-state index is 12.8. The van der Waals surface area contributed by atoms with Gasteiger partial charge in [-0.1, -0.05) is 11.2 Å². The van der Waals surface area contributed by atoms with Crippen LogP contribution in [0.3, 0.4) is 0 Å². The highest BCUT2D eigenvalue weighted by atomic mass is 35.5. The Labute approximate surface area is 172 Å². The first-order valence-electron chi connectivity index (χ1n) is 9.22. The number of likely N-dealkylation sites (tertiary alicyclic amines) is 1. The van der Waals surface area contributed by atoms with Gasteiger partial charge in [-0.05, 0) is 24.3 Å². The van der Waals surface area contributed by atoms with E-state index in [1.807, 2.05) is 22.4 Å². The molecule has 0 atom stereocenters. The molecule has 1 fully saturated rings. The summed E-state index contributed by atoms with van der Waals surface area (Å²) in [6.45, 7) is 4.05. The van der Waals surface area contributed by atoms with Gasteiger partial charge in [0.15, 0.2) is 11.5 Å². The molecule has 0 spiro atoms. The maximum Gasteiger partial charge on any atom is 0.276 e. The van der Waals surface area contributed by atoms with Crippen molar-refractivity contribution < 1.29 is 9.32 Å². The topological polar surface area (TPSA) is 89.1 Å². The van der Waals surface area contributed by atoms with E-state index in [0.717, 1.165) is 49.0 Å². The minimum atomic E-state index is -0.0625. The van der Waals surface area contributed by atoms with E-state index in [4.69, 9.17) is 4.52 Å². The number of nitrogens with one attached hydrogen (secondary N) is 1. The minimum Gasteiger partial charge on any atom is -0.355 e. The van der Waals surface area contributed by atoms with Crippen LogP contribution in [-0.2, 0) is 13.1 Å². The molecule has 8 nitrogen and oxygen atoms in total. The molecule has 3 aromatic heterocycles. The molecule has 10 heteroatoms. The summed E-state index contributed by atoms with van der Waals surface area (Å²) >= 11 is 1.57. The molecule has 0 radical (unpaired) electrons. The van der Waals surface area contributed by atoms with E-state index in [1.54, 1.807) is 17.4 Å². The van der Waals surface area contributed by atoms with Crippen LogP contribution in [0.25, 0.3) is 10.6 Å². The second-order valence-corrected chi connectivity index (χ2v) is 7.87. The van der Waals surface area contributed by atoms with Crippen molar-refractivity contribution >= 4 is 29.7 Å². The molecule has 2 aliphatic heterocycles. The average Bonchev–Trinajstić information content (AvgIpc) is 3.47. The zero-order valence-electron chi connectivity index (χ0n) is 15.2. The van der Waals surface area contributed by atoms with Crippen molar-refractivity contribution in [1.29, 1.82) is 0 Å². The molecule has 5 heterocycles. The zero-order chi connectivity index (χ0) is 18.2. The largest absolute Gasteiger partial charge is 0.355 e. The molecule has 28 heavy (non-hydrogen) atoms. The van der Waals surface area contributed by atoms with Crippen molar-refractivity contribution in [3.63, 3.8) is 0 Å². The normalized spacial score (nSPS) is 17.2. The summed E-state index contributed by atoms with van der Waals surface area (Å²) < 4.78 is 7.59. The number of carbonyl (C=O) groups is 1. The Hall–Kier alpha value is -2.23. The summed E-state index contributed by atoms with van der Waals surface area (Å²) in [6, 6.07) is 5.65. The molecule has 0 unspecified atom stereocenters. The van der Waals surface area contributed by atoms with Crippen LogP contribution in [-0.4, -0.2) is 50.4 Å². The fraction of sp³-hybridized carbons (Fsp3) is 0.444. The lowest BCUT2D eigenvalue weighted by atomic mass is 9.95. The molecule has 3 aromatic rings. The second-order valence-electron chi connectivity index (χ2n) is 6.92. The van der Waals surface area contributed by atoms with Crippen molar-refractivity contribution in [2.24, 2.45) is 0 Å². The summed E-state index contributed by atoms with van der Waals surface area (Å²) in [4.78, 5) is 15.6. The number of hydrogen-bond donors (Lipinski definition) is 1. The Morgan fingerprint density at radius 2 is 2.11 bits per heavy atom. The number of halogens is 1. The van der Waals surface area contributed by atoms with Gasteiger partial charge in [0, 0.05) is 38.2 Å². The quantitative estimate of drug-likeness (QED) is 0.700. The van der Waals surface area contributed by atoms with Crippen LogP contribution in [0.2, 0.25) is 0 Å². The monoisotopic (exact) mass is 420 g/mol. The predicted molar refractivity (Wildman–Crippen MR) is 107 cm³/mol. The molecule has 0 saturated carbocycles. The lowest BCUT2D eigenvalue weighted by Crippen LogP contribution is -2.39. The molecule has 5 rings (SSSR count). The zero-order valence-corrected chi connectivity index (χ0v) is 16.8. The van der Waals surface area contributed by atoms with Gasteiger partial charge in [-0.15, -0.1) is 33.9 Å². The lowest BCUT2D eigenvalue weighted by Gasteiger charge is -2.31. The number of thiophene rings is 1. The van der Waals surface area contributed by atoms with Gasteiger partial charge in [0.2, 0.25) is 0 Å². The standard InChI is InChI=1S/C18H20N6O2S.ClH/c25-18(13-10-14(26-22-13)15-2-1-9-27-15)23-6-3-12(4-7-23)17-21-20-16-11-19-5-8-24(16)17;/h1-2,9-10,12,19H,3-8,11H2;1H. The van der Waals surface area contributed by atoms with Crippen LogP contribution in [0, 0.1) is 0 Å².